The van der Waals surface area contributed by atoms with E-state index in [2.05, 4.69) is 18.7 Å². The minimum absolute atomic E-state index is 0. The monoisotopic (exact) mass is 213 g/mol. The molecule has 1 aliphatic heterocycles. The summed E-state index contributed by atoms with van der Waals surface area (Å²) < 4.78 is 5.39. The van der Waals surface area contributed by atoms with Crippen molar-refractivity contribution in [2.45, 2.75) is 25.9 Å². The van der Waals surface area contributed by atoms with E-state index in [-0.39, 0.29) is 12.4 Å². The van der Waals surface area contributed by atoms with Gasteiger partial charge in [0.05, 0.1) is 13.2 Å². The van der Waals surface area contributed by atoms with E-state index in [1.165, 1.54) is 0 Å². The number of hydrogen-bond donors (Lipinski definition) is 0. The Morgan fingerprint density at radius 3 is 2.25 bits per heavy atom. The van der Waals surface area contributed by atoms with Crippen LogP contribution in [-0.4, -0.2) is 42.6 Å². The van der Waals surface area contributed by atoms with E-state index >= 15 is 0 Å². The molecular weight excluding hydrogens is 197 g/mol. The zero-order chi connectivity index (χ0) is 8.27. The molecule has 1 saturated heterocycles. The number of hydrogen-bond acceptors (Lipinski definition) is 2. The highest BCUT2D eigenvalue weighted by atomic mass is 35.5. The molecule has 0 aromatic heterocycles. The molecule has 4 heteroatoms. The maximum absolute atomic E-state index is 5.68. The Balaban J connectivity index is 0.00000121. The van der Waals surface area contributed by atoms with Gasteiger partial charge in [-0.1, -0.05) is 0 Å². The molecule has 0 N–H and O–H groups in total. The molecule has 0 radical (unpaired) electrons. The summed E-state index contributed by atoms with van der Waals surface area (Å²) in [5.41, 5.74) is 0. The molecule has 2 nitrogen and oxygen atoms in total. The molecule has 74 valence electrons. The Morgan fingerprint density at radius 2 is 1.83 bits per heavy atom. The standard InChI is InChI=1S/C8H16ClNO.ClH/c1-7-5-11-6-8(2)10(7)4-3-9;/h7-8H,3-6H2,1-2H3;1H. The topological polar surface area (TPSA) is 12.5 Å². The predicted octanol–water partition coefficient (Wildman–Crippen LogP) is 1.76. The molecule has 0 spiro atoms. The van der Waals surface area contributed by atoms with Gasteiger partial charge in [-0.05, 0) is 13.8 Å². The van der Waals surface area contributed by atoms with Crippen molar-refractivity contribution in [3.63, 3.8) is 0 Å². The number of morpholine rings is 1. The third-order valence-electron chi connectivity index (χ3n) is 2.19. The van der Waals surface area contributed by atoms with E-state index in [4.69, 9.17) is 16.3 Å². The second-order valence-electron chi connectivity index (χ2n) is 3.16. The second kappa shape index (κ2) is 6.03. The van der Waals surface area contributed by atoms with Crippen LogP contribution in [0.25, 0.3) is 0 Å². The van der Waals surface area contributed by atoms with Crippen LogP contribution < -0.4 is 0 Å². The van der Waals surface area contributed by atoms with Gasteiger partial charge in [0.2, 0.25) is 0 Å². The maximum Gasteiger partial charge on any atom is 0.0620 e. The van der Waals surface area contributed by atoms with Gasteiger partial charge in [-0.25, -0.2) is 0 Å². The first-order chi connectivity index (χ1) is 5.25. The first-order valence-corrected chi connectivity index (χ1v) is 4.68. The predicted molar refractivity (Wildman–Crippen MR) is 54.4 cm³/mol. The lowest BCUT2D eigenvalue weighted by molar-refractivity contribution is -0.0334. The van der Waals surface area contributed by atoms with Crippen LogP contribution in [0.15, 0.2) is 0 Å². The quantitative estimate of drug-likeness (QED) is 0.649. The number of ether oxygens (including phenoxy) is 1. The van der Waals surface area contributed by atoms with Crippen molar-refractivity contribution in [2.24, 2.45) is 0 Å². The normalized spacial score (nSPS) is 31.2. The number of rotatable bonds is 2. The maximum atomic E-state index is 5.68. The van der Waals surface area contributed by atoms with Crippen molar-refractivity contribution in [2.75, 3.05) is 25.6 Å². The van der Waals surface area contributed by atoms with Crippen LogP contribution in [0.1, 0.15) is 13.8 Å². The van der Waals surface area contributed by atoms with Gasteiger partial charge in [0.1, 0.15) is 0 Å². The molecule has 0 amide bonds. The SMILES string of the molecule is CC1COCC(C)N1CCCl.Cl. The molecule has 0 aromatic carbocycles. The molecule has 1 aliphatic rings. The summed E-state index contributed by atoms with van der Waals surface area (Å²) in [7, 11) is 0. The molecule has 12 heavy (non-hydrogen) atoms. The average molecular weight is 214 g/mol. The van der Waals surface area contributed by atoms with E-state index in [1.54, 1.807) is 0 Å². The highest BCUT2D eigenvalue weighted by molar-refractivity contribution is 6.18. The van der Waals surface area contributed by atoms with Crippen molar-refractivity contribution in [3.05, 3.63) is 0 Å². The Kier molecular flexibility index (Phi) is 6.28. The smallest absolute Gasteiger partial charge is 0.0620 e. The fourth-order valence-corrected chi connectivity index (χ4v) is 1.77. The molecule has 2 atom stereocenters. The average Bonchev–Trinajstić information content (AvgIpc) is 1.97. The van der Waals surface area contributed by atoms with E-state index in [0.29, 0.717) is 18.0 Å². The third kappa shape index (κ3) is 3.09. The van der Waals surface area contributed by atoms with Gasteiger partial charge < -0.3 is 4.74 Å². The van der Waals surface area contributed by atoms with Crippen LogP contribution in [0.3, 0.4) is 0 Å². The Morgan fingerprint density at radius 1 is 1.33 bits per heavy atom. The first kappa shape index (κ1) is 12.5. The third-order valence-corrected chi connectivity index (χ3v) is 2.36. The van der Waals surface area contributed by atoms with Crippen LogP contribution in [0.5, 0.6) is 0 Å². The van der Waals surface area contributed by atoms with Crippen LogP contribution in [-0.2, 0) is 4.74 Å². The molecule has 2 unspecified atom stereocenters. The summed E-state index contributed by atoms with van der Waals surface area (Å²) in [5.74, 6) is 0.717. The number of nitrogens with zero attached hydrogens (tertiary/aromatic N) is 1. The lowest BCUT2D eigenvalue weighted by atomic mass is 10.2. The number of halogens is 2. The van der Waals surface area contributed by atoms with Crippen molar-refractivity contribution in [1.29, 1.82) is 0 Å². The van der Waals surface area contributed by atoms with Gasteiger partial charge in [-0.15, -0.1) is 24.0 Å². The fourth-order valence-electron chi connectivity index (χ4n) is 1.57. The Bertz CT molecular complexity index is 114. The van der Waals surface area contributed by atoms with Crippen LogP contribution in [0, 0.1) is 0 Å². The van der Waals surface area contributed by atoms with E-state index in [0.717, 1.165) is 19.8 Å². The van der Waals surface area contributed by atoms with E-state index < -0.39 is 0 Å². The van der Waals surface area contributed by atoms with Crippen LogP contribution in [0.4, 0.5) is 0 Å². The molecular formula is C8H17Cl2NO. The van der Waals surface area contributed by atoms with Gasteiger partial charge in [-0.3, -0.25) is 4.90 Å². The fraction of sp³-hybridized carbons (Fsp3) is 1.00. The van der Waals surface area contributed by atoms with E-state index in [1.807, 2.05) is 0 Å². The van der Waals surface area contributed by atoms with Gasteiger partial charge in [-0.2, -0.15) is 0 Å². The Labute approximate surface area is 85.6 Å². The Hall–Kier alpha value is 0.500. The lowest BCUT2D eigenvalue weighted by Crippen LogP contribution is -2.50. The summed E-state index contributed by atoms with van der Waals surface area (Å²) in [6.45, 7) is 7.04. The zero-order valence-corrected chi connectivity index (χ0v) is 9.20. The second-order valence-corrected chi connectivity index (χ2v) is 3.54. The summed E-state index contributed by atoms with van der Waals surface area (Å²) in [4.78, 5) is 2.40. The summed E-state index contributed by atoms with van der Waals surface area (Å²) in [5, 5.41) is 0. The summed E-state index contributed by atoms with van der Waals surface area (Å²) >= 11 is 5.68. The molecule has 0 saturated carbocycles. The first-order valence-electron chi connectivity index (χ1n) is 4.15. The van der Waals surface area contributed by atoms with Crippen molar-refractivity contribution < 1.29 is 4.74 Å². The van der Waals surface area contributed by atoms with E-state index in [9.17, 15) is 0 Å². The van der Waals surface area contributed by atoms with Gasteiger partial charge in [0.15, 0.2) is 0 Å². The van der Waals surface area contributed by atoms with Crippen LogP contribution >= 0.6 is 24.0 Å². The molecule has 1 rings (SSSR count). The molecule has 0 bridgehead atoms. The van der Waals surface area contributed by atoms with Crippen molar-refractivity contribution in [1.82, 2.24) is 4.90 Å². The zero-order valence-electron chi connectivity index (χ0n) is 7.62. The van der Waals surface area contributed by atoms with Gasteiger partial charge in [0.25, 0.3) is 0 Å². The molecule has 1 heterocycles. The van der Waals surface area contributed by atoms with Crippen LogP contribution in [0.2, 0.25) is 0 Å². The lowest BCUT2D eigenvalue weighted by Gasteiger charge is -2.38. The minimum Gasteiger partial charge on any atom is -0.378 e. The van der Waals surface area contributed by atoms with Crippen molar-refractivity contribution >= 4 is 24.0 Å². The molecule has 0 aromatic rings. The highest BCUT2D eigenvalue weighted by Crippen LogP contribution is 2.12. The summed E-state index contributed by atoms with van der Waals surface area (Å²) in [6.07, 6.45) is 0. The highest BCUT2D eigenvalue weighted by Gasteiger charge is 2.23. The van der Waals surface area contributed by atoms with Gasteiger partial charge in [0, 0.05) is 24.5 Å². The largest absolute Gasteiger partial charge is 0.378 e. The minimum atomic E-state index is 0. The van der Waals surface area contributed by atoms with Gasteiger partial charge >= 0.3 is 0 Å². The number of alkyl halides is 1. The molecule has 1 fully saturated rings. The summed E-state index contributed by atoms with van der Waals surface area (Å²) in [6, 6.07) is 1.05. The van der Waals surface area contributed by atoms with Crippen molar-refractivity contribution in [3.8, 4) is 0 Å². The molecule has 0 aliphatic carbocycles.